The molecule has 1 fully saturated rings. The standard InChI is InChI=1S/C28H34N4O3S/c1-4-20(2)29-28(34)23-18-21(30-27(33)19-22-8-7-17-36-22)11-12-24(23)31-13-15-32(16-14-31)25-9-5-6-10-26(25)35-3/h5-12,17-18,20H,4,13-16,19H2,1-3H3,(H,29,34)(H,30,33). The molecule has 1 unspecified atom stereocenters. The molecule has 0 bridgehead atoms. The first kappa shape index (κ1) is 25.6. The number of carbonyl (C=O) groups is 2. The molecule has 1 aromatic heterocycles. The number of nitrogens with one attached hydrogen (secondary N) is 2. The van der Waals surface area contributed by atoms with Crippen molar-refractivity contribution in [3.63, 3.8) is 0 Å². The Morgan fingerprint density at radius 1 is 1.00 bits per heavy atom. The molecule has 1 atom stereocenters. The Bertz CT molecular complexity index is 1170. The first-order valence-electron chi connectivity index (χ1n) is 12.4. The highest BCUT2D eigenvalue weighted by molar-refractivity contribution is 7.10. The third-order valence-corrected chi connectivity index (χ3v) is 7.35. The Kier molecular flexibility index (Phi) is 8.48. The van der Waals surface area contributed by atoms with Crippen LogP contribution in [0.2, 0.25) is 0 Å². The molecular formula is C28H34N4O3S. The largest absolute Gasteiger partial charge is 0.495 e. The second-order valence-corrected chi connectivity index (χ2v) is 10.00. The molecule has 0 aliphatic carbocycles. The topological polar surface area (TPSA) is 73.9 Å². The van der Waals surface area contributed by atoms with Gasteiger partial charge in [0.25, 0.3) is 5.91 Å². The van der Waals surface area contributed by atoms with Gasteiger partial charge >= 0.3 is 0 Å². The number of carbonyl (C=O) groups excluding carboxylic acids is 2. The second kappa shape index (κ2) is 11.9. The Morgan fingerprint density at radius 3 is 2.39 bits per heavy atom. The van der Waals surface area contributed by atoms with Crippen molar-refractivity contribution in [2.45, 2.75) is 32.7 Å². The van der Waals surface area contributed by atoms with Gasteiger partial charge in [-0.3, -0.25) is 9.59 Å². The fourth-order valence-electron chi connectivity index (χ4n) is 4.33. The van der Waals surface area contributed by atoms with Crippen LogP contribution >= 0.6 is 11.3 Å². The summed E-state index contributed by atoms with van der Waals surface area (Å²) in [5, 5.41) is 8.01. The molecule has 1 saturated heterocycles. The van der Waals surface area contributed by atoms with Crippen LogP contribution in [0.25, 0.3) is 0 Å². The van der Waals surface area contributed by atoms with E-state index in [1.807, 2.05) is 61.7 Å². The minimum atomic E-state index is -0.124. The van der Waals surface area contributed by atoms with Crippen LogP contribution in [-0.2, 0) is 11.2 Å². The van der Waals surface area contributed by atoms with Gasteiger partial charge in [-0.15, -0.1) is 11.3 Å². The van der Waals surface area contributed by atoms with Crippen LogP contribution in [0.5, 0.6) is 5.75 Å². The molecule has 7 nitrogen and oxygen atoms in total. The number of anilines is 3. The highest BCUT2D eigenvalue weighted by atomic mass is 32.1. The van der Waals surface area contributed by atoms with E-state index in [9.17, 15) is 9.59 Å². The number of ether oxygens (including phenoxy) is 1. The molecule has 1 aliphatic rings. The number of benzene rings is 2. The highest BCUT2D eigenvalue weighted by Crippen LogP contribution is 2.31. The lowest BCUT2D eigenvalue weighted by molar-refractivity contribution is -0.115. The number of piperazine rings is 1. The second-order valence-electron chi connectivity index (χ2n) is 8.96. The zero-order valence-corrected chi connectivity index (χ0v) is 21.9. The van der Waals surface area contributed by atoms with Crippen molar-refractivity contribution in [2.75, 3.05) is 48.4 Å². The molecule has 0 radical (unpaired) electrons. The lowest BCUT2D eigenvalue weighted by atomic mass is 10.1. The molecular weight excluding hydrogens is 472 g/mol. The molecule has 1 aliphatic heterocycles. The fourth-order valence-corrected chi connectivity index (χ4v) is 5.03. The van der Waals surface area contributed by atoms with E-state index in [4.69, 9.17) is 4.74 Å². The first-order chi connectivity index (χ1) is 17.5. The lowest BCUT2D eigenvalue weighted by Gasteiger charge is -2.38. The van der Waals surface area contributed by atoms with E-state index >= 15 is 0 Å². The van der Waals surface area contributed by atoms with Crippen molar-refractivity contribution < 1.29 is 14.3 Å². The quantitative estimate of drug-likeness (QED) is 0.436. The van der Waals surface area contributed by atoms with Crippen molar-refractivity contribution in [1.29, 1.82) is 0 Å². The molecule has 2 amide bonds. The van der Waals surface area contributed by atoms with Crippen LogP contribution < -0.4 is 25.2 Å². The number of rotatable bonds is 9. The van der Waals surface area contributed by atoms with E-state index in [-0.39, 0.29) is 17.9 Å². The van der Waals surface area contributed by atoms with E-state index in [0.29, 0.717) is 17.7 Å². The number of para-hydroxylation sites is 2. The predicted molar refractivity (Wildman–Crippen MR) is 148 cm³/mol. The molecule has 3 aromatic rings. The zero-order chi connectivity index (χ0) is 25.5. The van der Waals surface area contributed by atoms with Gasteiger partial charge in [0.2, 0.25) is 5.91 Å². The monoisotopic (exact) mass is 506 g/mol. The van der Waals surface area contributed by atoms with Crippen LogP contribution in [0.4, 0.5) is 17.1 Å². The summed E-state index contributed by atoms with van der Waals surface area (Å²) in [4.78, 5) is 31.4. The number of amides is 2. The Labute approximate surface area is 217 Å². The molecule has 8 heteroatoms. The van der Waals surface area contributed by atoms with Gasteiger partial charge in [0.05, 0.1) is 24.8 Å². The van der Waals surface area contributed by atoms with E-state index in [1.54, 1.807) is 24.5 Å². The minimum Gasteiger partial charge on any atom is -0.495 e. The van der Waals surface area contributed by atoms with Gasteiger partial charge in [0.15, 0.2) is 0 Å². The summed E-state index contributed by atoms with van der Waals surface area (Å²) < 4.78 is 5.54. The summed E-state index contributed by atoms with van der Waals surface area (Å²) in [7, 11) is 1.69. The van der Waals surface area contributed by atoms with E-state index in [0.717, 1.165) is 54.6 Å². The van der Waals surface area contributed by atoms with Gasteiger partial charge in [0, 0.05) is 48.5 Å². The van der Waals surface area contributed by atoms with Gasteiger partial charge in [-0.1, -0.05) is 25.1 Å². The van der Waals surface area contributed by atoms with E-state index in [1.165, 1.54) is 0 Å². The molecule has 0 saturated carbocycles. The van der Waals surface area contributed by atoms with Gasteiger partial charge in [-0.05, 0) is 55.1 Å². The Balaban J connectivity index is 1.52. The molecule has 4 rings (SSSR count). The van der Waals surface area contributed by atoms with Gasteiger partial charge in [-0.2, -0.15) is 0 Å². The molecule has 2 heterocycles. The van der Waals surface area contributed by atoms with Crippen LogP contribution in [0.1, 0.15) is 35.5 Å². The van der Waals surface area contributed by atoms with Crippen molar-refractivity contribution >= 4 is 40.2 Å². The van der Waals surface area contributed by atoms with E-state index < -0.39 is 0 Å². The Morgan fingerprint density at radius 2 is 1.72 bits per heavy atom. The maximum absolute atomic E-state index is 13.3. The summed E-state index contributed by atoms with van der Waals surface area (Å²) in [6, 6.07) is 17.6. The summed E-state index contributed by atoms with van der Waals surface area (Å²) in [5.74, 6) is 0.645. The van der Waals surface area contributed by atoms with Crippen molar-refractivity contribution in [2.24, 2.45) is 0 Å². The normalized spacial score (nSPS) is 14.3. The summed E-state index contributed by atoms with van der Waals surface area (Å²) >= 11 is 1.56. The predicted octanol–water partition coefficient (Wildman–Crippen LogP) is 4.79. The van der Waals surface area contributed by atoms with E-state index in [2.05, 4.69) is 26.5 Å². The number of hydrogen-bond acceptors (Lipinski definition) is 6. The molecule has 2 aromatic carbocycles. The number of hydrogen-bond donors (Lipinski definition) is 2. The summed E-state index contributed by atoms with van der Waals surface area (Å²) in [6.07, 6.45) is 1.16. The highest BCUT2D eigenvalue weighted by Gasteiger charge is 2.24. The van der Waals surface area contributed by atoms with Crippen LogP contribution in [0.3, 0.4) is 0 Å². The van der Waals surface area contributed by atoms with Gasteiger partial charge in [0.1, 0.15) is 5.75 Å². The maximum Gasteiger partial charge on any atom is 0.253 e. The molecule has 2 N–H and O–H groups in total. The fraction of sp³-hybridized carbons (Fsp3) is 0.357. The smallest absolute Gasteiger partial charge is 0.253 e. The minimum absolute atomic E-state index is 0.0600. The first-order valence-corrected chi connectivity index (χ1v) is 13.3. The molecule has 190 valence electrons. The van der Waals surface area contributed by atoms with Crippen LogP contribution in [0, 0.1) is 0 Å². The maximum atomic E-state index is 13.3. The summed E-state index contributed by atoms with van der Waals surface area (Å²) in [6.45, 7) is 7.20. The molecule has 36 heavy (non-hydrogen) atoms. The van der Waals surface area contributed by atoms with Crippen molar-refractivity contribution in [3.05, 3.63) is 70.4 Å². The van der Waals surface area contributed by atoms with Crippen LogP contribution in [-0.4, -0.2) is 51.1 Å². The summed E-state index contributed by atoms with van der Waals surface area (Å²) in [5.41, 5.74) is 3.17. The van der Waals surface area contributed by atoms with Crippen LogP contribution in [0.15, 0.2) is 60.0 Å². The van der Waals surface area contributed by atoms with Crippen molar-refractivity contribution in [1.82, 2.24) is 5.32 Å². The Hall–Kier alpha value is -3.52. The third-order valence-electron chi connectivity index (χ3n) is 6.48. The number of nitrogens with zero attached hydrogens (tertiary/aromatic N) is 2. The van der Waals surface area contributed by atoms with Gasteiger partial charge in [-0.25, -0.2) is 0 Å². The third kappa shape index (κ3) is 6.18. The average molecular weight is 507 g/mol. The SMILES string of the molecule is CCC(C)NC(=O)c1cc(NC(=O)Cc2cccs2)ccc1N1CCN(c2ccccc2OC)CC1. The van der Waals surface area contributed by atoms with Crippen molar-refractivity contribution in [3.8, 4) is 5.75 Å². The molecule has 0 spiro atoms. The number of thiophene rings is 1. The van der Waals surface area contributed by atoms with Gasteiger partial charge < -0.3 is 25.2 Å². The average Bonchev–Trinajstić information content (AvgIpc) is 3.41. The number of methoxy groups -OCH3 is 1. The zero-order valence-electron chi connectivity index (χ0n) is 21.1. The lowest BCUT2D eigenvalue weighted by Crippen LogP contribution is -2.47.